The van der Waals surface area contributed by atoms with Crippen molar-refractivity contribution in [3.8, 4) is 0 Å². The van der Waals surface area contributed by atoms with Crippen LogP contribution in [-0.2, 0) is 21.3 Å². The first kappa shape index (κ1) is 16.3. The highest BCUT2D eigenvalue weighted by atomic mass is 32.2. The van der Waals surface area contributed by atoms with Crippen molar-refractivity contribution in [2.45, 2.75) is 11.4 Å². The minimum Gasteiger partial charge on any atom is -0.383 e. The van der Waals surface area contributed by atoms with E-state index < -0.39 is 10.0 Å². The van der Waals surface area contributed by atoms with Crippen molar-refractivity contribution in [1.29, 1.82) is 0 Å². The highest BCUT2D eigenvalue weighted by Gasteiger charge is 2.12. The minimum absolute atomic E-state index is 0.225. The molecule has 0 spiro atoms. The predicted molar refractivity (Wildman–Crippen MR) is 82.9 cm³/mol. The Bertz CT molecular complexity index is 675. The lowest BCUT2D eigenvalue weighted by Gasteiger charge is -2.08. The van der Waals surface area contributed by atoms with Gasteiger partial charge in [-0.1, -0.05) is 12.1 Å². The van der Waals surface area contributed by atoms with Crippen LogP contribution in [0.15, 0.2) is 47.6 Å². The van der Waals surface area contributed by atoms with Gasteiger partial charge >= 0.3 is 0 Å². The molecule has 0 unspecified atom stereocenters. The highest BCUT2D eigenvalue weighted by molar-refractivity contribution is 7.89. The summed E-state index contributed by atoms with van der Waals surface area (Å²) >= 11 is 0. The van der Waals surface area contributed by atoms with Crippen LogP contribution in [-0.4, -0.2) is 38.6 Å². The second kappa shape index (κ2) is 7.83. The molecule has 0 saturated heterocycles. The number of sulfonamides is 1. The van der Waals surface area contributed by atoms with Crippen LogP contribution in [0.4, 0.5) is 5.95 Å². The van der Waals surface area contributed by atoms with Crippen LogP contribution >= 0.6 is 0 Å². The predicted octanol–water partition coefficient (Wildman–Crippen LogP) is 1.01. The monoisotopic (exact) mass is 322 g/mol. The first-order valence-corrected chi connectivity index (χ1v) is 8.18. The highest BCUT2D eigenvalue weighted by Crippen LogP contribution is 2.11. The van der Waals surface area contributed by atoms with Gasteiger partial charge in [0.2, 0.25) is 16.0 Å². The van der Waals surface area contributed by atoms with E-state index >= 15 is 0 Å². The molecule has 2 aromatic rings. The number of hydrogen-bond donors (Lipinski definition) is 2. The van der Waals surface area contributed by atoms with Gasteiger partial charge in [-0.15, -0.1) is 0 Å². The molecule has 0 aliphatic heterocycles. The van der Waals surface area contributed by atoms with E-state index in [-0.39, 0.29) is 11.4 Å². The molecule has 1 aromatic heterocycles. The number of anilines is 1. The fourth-order valence-electron chi connectivity index (χ4n) is 1.72. The molecule has 118 valence electrons. The maximum atomic E-state index is 12.0. The van der Waals surface area contributed by atoms with Gasteiger partial charge in [-0.25, -0.2) is 23.1 Å². The maximum absolute atomic E-state index is 12.0. The lowest BCUT2D eigenvalue weighted by atomic mass is 10.2. The van der Waals surface area contributed by atoms with Crippen LogP contribution < -0.4 is 10.0 Å². The van der Waals surface area contributed by atoms with E-state index in [0.717, 1.165) is 5.56 Å². The zero-order chi connectivity index (χ0) is 15.8. The van der Waals surface area contributed by atoms with Gasteiger partial charge < -0.3 is 10.1 Å². The van der Waals surface area contributed by atoms with Gasteiger partial charge in [0.25, 0.3) is 0 Å². The summed E-state index contributed by atoms with van der Waals surface area (Å²) in [5.41, 5.74) is 0.934. The van der Waals surface area contributed by atoms with E-state index in [1.54, 1.807) is 42.7 Å². The second-order valence-corrected chi connectivity index (χ2v) is 6.23. The number of benzene rings is 1. The molecular weight excluding hydrogens is 304 g/mol. The molecular formula is C14H18N4O3S. The third-order valence-corrected chi connectivity index (χ3v) is 4.33. The summed E-state index contributed by atoms with van der Waals surface area (Å²) in [7, 11) is -1.97. The van der Waals surface area contributed by atoms with Crippen molar-refractivity contribution in [2.75, 3.05) is 25.6 Å². The van der Waals surface area contributed by atoms with Crippen molar-refractivity contribution in [2.24, 2.45) is 0 Å². The number of aromatic nitrogens is 2. The van der Waals surface area contributed by atoms with Crippen LogP contribution in [0.1, 0.15) is 5.56 Å². The van der Waals surface area contributed by atoms with Crippen molar-refractivity contribution < 1.29 is 13.2 Å². The van der Waals surface area contributed by atoms with Crippen molar-refractivity contribution >= 4 is 16.0 Å². The Hall–Kier alpha value is -2.03. The first-order chi connectivity index (χ1) is 10.6. The van der Waals surface area contributed by atoms with E-state index in [4.69, 9.17) is 4.74 Å². The SMILES string of the molecule is COCCNS(=O)(=O)c1ccc(CNc2ncccn2)cc1. The summed E-state index contributed by atoms with van der Waals surface area (Å²) in [6.45, 7) is 1.09. The lowest BCUT2D eigenvalue weighted by Crippen LogP contribution is -2.27. The van der Waals surface area contributed by atoms with Gasteiger partial charge in [0.15, 0.2) is 0 Å². The molecule has 8 heteroatoms. The molecule has 0 aliphatic rings. The first-order valence-electron chi connectivity index (χ1n) is 6.70. The average Bonchev–Trinajstić information content (AvgIpc) is 2.54. The van der Waals surface area contributed by atoms with E-state index in [2.05, 4.69) is 20.0 Å². The third kappa shape index (κ3) is 4.76. The van der Waals surface area contributed by atoms with Crippen LogP contribution in [0.25, 0.3) is 0 Å². The smallest absolute Gasteiger partial charge is 0.240 e. The molecule has 2 rings (SSSR count). The van der Waals surface area contributed by atoms with Gasteiger partial charge in [0.1, 0.15) is 0 Å². The largest absolute Gasteiger partial charge is 0.383 e. The van der Waals surface area contributed by atoms with Gasteiger partial charge in [-0.2, -0.15) is 0 Å². The topological polar surface area (TPSA) is 93.2 Å². The Morgan fingerprint density at radius 1 is 1.14 bits per heavy atom. The fourth-order valence-corrected chi connectivity index (χ4v) is 2.73. The molecule has 0 radical (unpaired) electrons. The van der Waals surface area contributed by atoms with Crippen LogP contribution in [0.2, 0.25) is 0 Å². The molecule has 0 atom stereocenters. The molecule has 0 bridgehead atoms. The maximum Gasteiger partial charge on any atom is 0.240 e. The third-order valence-electron chi connectivity index (χ3n) is 2.85. The summed E-state index contributed by atoms with van der Waals surface area (Å²) in [5.74, 6) is 0.528. The standard InChI is InChI=1S/C14H18N4O3S/c1-21-10-9-18-22(19,20)13-5-3-12(4-6-13)11-17-14-15-7-2-8-16-14/h2-8,18H,9-11H2,1H3,(H,15,16,17). The van der Waals surface area contributed by atoms with Gasteiger partial charge in [0, 0.05) is 32.6 Å². The summed E-state index contributed by atoms with van der Waals surface area (Å²) in [6, 6.07) is 8.37. The Balaban J connectivity index is 1.95. The molecule has 0 saturated carbocycles. The molecule has 22 heavy (non-hydrogen) atoms. The number of methoxy groups -OCH3 is 1. The number of nitrogens with zero attached hydrogens (tertiary/aromatic N) is 2. The fraction of sp³-hybridized carbons (Fsp3) is 0.286. The van der Waals surface area contributed by atoms with Crippen LogP contribution in [0, 0.1) is 0 Å². The Kier molecular flexibility index (Phi) is 5.82. The summed E-state index contributed by atoms with van der Waals surface area (Å²) in [5, 5.41) is 3.06. The van der Waals surface area contributed by atoms with E-state index in [1.165, 1.54) is 7.11 Å². The number of ether oxygens (including phenoxy) is 1. The number of hydrogen-bond acceptors (Lipinski definition) is 6. The molecule has 0 fully saturated rings. The zero-order valence-corrected chi connectivity index (χ0v) is 13.0. The number of rotatable bonds is 8. The van der Waals surface area contributed by atoms with Crippen LogP contribution in [0.3, 0.4) is 0 Å². The van der Waals surface area contributed by atoms with Crippen molar-refractivity contribution in [3.63, 3.8) is 0 Å². The molecule has 1 heterocycles. The molecule has 7 nitrogen and oxygen atoms in total. The molecule has 1 aromatic carbocycles. The van der Waals surface area contributed by atoms with Gasteiger partial charge in [0.05, 0.1) is 11.5 Å². The average molecular weight is 322 g/mol. The van der Waals surface area contributed by atoms with Crippen LogP contribution in [0.5, 0.6) is 0 Å². The quantitative estimate of drug-likeness (QED) is 0.705. The van der Waals surface area contributed by atoms with E-state index in [9.17, 15) is 8.42 Å². The zero-order valence-electron chi connectivity index (χ0n) is 12.2. The lowest BCUT2D eigenvalue weighted by molar-refractivity contribution is 0.204. The molecule has 0 aliphatic carbocycles. The summed E-state index contributed by atoms with van der Waals surface area (Å²) < 4.78 is 31.3. The van der Waals surface area contributed by atoms with E-state index in [1.807, 2.05) is 0 Å². The molecule has 2 N–H and O–H groups in total. The van der Waals surface area contributed by atoms with Gasteiger partial charge in [-0.05, 0) is 23.8 Å². The molecule has 0 amide bonds. The minimum atomic E-state index is -3.49. The second-order valence-electron chi connectivity index (χ2n) is 4.46. The summed E-state index contributed by atoms with van der Waals surface area (Å²) in [6.07, 6.45) is 3.30. The Morgan fingerprint density at radius 3 is 2.45 bits per heavy atom. The summed E-state index contributed by atoms with van der Waals surface area (Å²) in [4.78, 5) is 8.33. The van der Waals surface area contributed by atoms with E-state index in [0.29, 0.717) is 19.1 Å². The van der Waals surface area contributed by atoms with Crippen molar-refractivity contribution in [1.82, 2.24) is 14.7 Å². The Morgan fingerprint density at radius 2 is 1.82 bits per heavy atom. The number of nitrogens with one attached hydrogen (secondary N) is 2. The normalized spacial score (nSPS) is 11.3. The van der Waals surface area contributed by atoms with Crippen molar-refractivity contribution in [3.05, 3.63) is 48.3 Å². The Labute approximate surface area is 129 Å². The van der Waals surface area contributed by atoms with Gasteiger partial charge in [-0.3, -0.25) is 0 Å².